The van der Waals surface area contributed by atoms with E-state index in [2.05, 4.69) is 4.90 Å². The first-order valence-electron chi connectivity index (χ1n) is 7.56. The summed E-state index contributed by atoms with van der Waals surface area (Å²) in [4.78, 5) is 16.9. The molecule has 2 aliphatic rings. The first-order chi connectivity index (χ1) is 10.2. The molecule has 5 heteroatoms. The molecule has 0 aromatic heterocycles. The van der Waals surface area contributed by atoms with Crippen molar-refractivity contribution < 1.29 is 14.6 Å². The average molecular weight is 290 g/mol. The van der Waals surface area contributed by atoms with Crippen LogP contribution >= 0.6 is 0 Å². The van der Waals surface area contributed by atoms with Crippen molar-refractivity contribution in [3.8, 4) is 5.75 Å². The smallest absolute Gasteiger partial charge is 0.254 e. The predicted octanol–water partition coefficient (Wildman–Crippen LogP) is 1.25. The molecule has 2 saturated heterocycles. The van der Waals surface area contributed by atoms with Gasteiger partial charge in [-0.2, -0.15) is 0 Å². The van der Waals surface area contributed by atoms with E-state index in [1.165, 1.54) is 0 Å². The molecule has 0 saturated carbocycles. The first-order valence-corrected chi connectivity index (χ1v) is 7.56. The molecule has 2 fully saturated rings. The van der Waals surface area contributed by atoms with Crippen LogP contribution in [0.1, 0.15) is 22.3 Å². The SMILES string of the molecule is Cc1c(O)cccc1C(=O)N1CCC(N2CCOCC2)C1. The number of carbonyl (C=O) groups excluding carboxylic acids is 1. The van der Waals surface area contributed by atoms with Gasteiger partial charge in [0.15, 0.2) is 0 Å². The highest BCUT2D eigenvalue weighted by Crippen LogP contribution is 2.24. The Labute approximate surface area is 125 Å². The molecule has 0 radical (unpaired) electrons. The van der Waals surface area contributed by atoms with E-state index in [4.69, 9.17) is 4.74 Å². The van der Waals surface area contributed by atoms with E-state index in [0.29, 0.717) is 17.2 Å². The Balaban J connectivity index is 1.68. The Kier molecular flexibility index (Phi) is 4.12. The van der Waals surface area contributed by atoms with Crippen molar-refractivity contribution in [3.63, 3.8) is 0 Å². The fraction of sp³-hybridized carbons (Fsp3) is 0.562. The minimum atomic E-state index is 0.0270. The maximum absolute atomic E-state index is 12.6. The van der Waals surface area contributed by atoms with E-state index in [1.807, 2.05) is 4.90 Å². The van der Waals surface area contributed by atoms with Crippen LogP contribution < -0.4 is 0 Å². The van der Waals surface area contributed by atoms with Crippen molar-refractivity contribution >= 4 is 5.91 Å². The van der Waals surface area contributed by atoms with Crippen LogP contribution in [0.4, 0.5) is 0 Å². The Morgan fingerprint density at radius 2 is 2.05 bits per heavy atom. The molecular weight excluding hydrogens is 268 g/mol. The van der Waals surface area contributed by atoms with Gasteiger partial charge in [0.05, 0.1) is 13.2 Å². The van der Waals surface area contributed by atoms with E-state index in [1.54, 1.807) is 25.1 Å². The number of hydrogen-bond acceptors (Lipinski definition) is 4. The zero-order valence-electron chi connectivity index (χ0n) is 12.4. The Morgan fingerprint density at radius 1 is 1.29 bits per heavy atom. The lowest BCUT2D eigenvalue weighted by molar-refractivity contribution is 0.0185. The molecule has 2 heterocycles. The zero-order valence-corrected chi connectivity index (χ0v) is 12.4. The van der Waals surface area contributed by atoms with Gasteiger partial charge < -0.3 is 14.7 Å². The summed E-state index contributed by atoms with van der Waals surface area (Å²) in [5, 5.41) is 9.75. The van der Waals surface area contributed by atoms with Gasteiger partial charge in [0.1, 0.15) is 5.75 Å². The summed E-state index contributed by atoms with van der Waals surface area (Å²) in [6.07, 6.45) is 1.02. The summed E-state index contributed by atoms with van der Waals surface area (Å²) < 4.78 is 5.38. The van der Waals surface area contributed by atoms with Crippen LogP contribution in [0, 0.1) is 6.92 Å². The van der Waals surface area contributed by atoms with Gasteiger partial charge in [0.25, 0.3) is 5.91 Å². The Bertz CT molecular complexity index is 526. The molecule has 3 rings (SSSR count). The molecule has 1 amide bonds. The van der Waals surface area contributed by atoms with Gasteiger partial charge in [-0.1, -0.05) is 6.07 Å². The summed E-state index contributed by atoms with van der Waals surface area (Å²) in [6.45, 7) is 6.84. The standard InChI is InChI=1S/C16H22N2O3/c1-12-14(3-2-4-15(12)19)16(20)18-6-5-13(11-18)17-7-9-21-10-8-17/h2-4,13,19H,5-11H2,1H3. The quantitative estimate of drug-likeness (QED) is 0.890. The number of hydrogen-bond donors (Lipinski definition) is 1. The van der Waals surface area contributed by atoms with Gasteiger partial charge >= 0.3 is 0 Å². The first kappa shape index (κ1) is 14.4. The third-order valence-corrected chi connectivity index (χ3v) is 4.55. The van der Waals surface area contributed by atoms with Gasteiger partial charge in [0.2, 0.25) is 0 Å². The number of phenols is 1. The number of ether oxygens (including phenoxy) is 1. The number of nitrogens with zero attached hydrogens (tertiary/aromatic N) is 2. The summed E-state index contributed by atoms with van der Waals surface area (Å²) in [7, 11) is 0. The van der Waals surface area contributed by atoms with Crippen molar-refractivity contribution in [3.05, 3.63) is 29.3 Å². The number of amides is 1. The molecule has 114 valence electrons. The zero-order chi connectivity index (χ0) is 14.8. The maximum atomic E-state index is 12.6. The highest BCUT2D eigenvalue weighted by molar-refractivity contribution is 5.96. The van der Waals surface area contributed by atoms with Gasteiger partial charge in [-0.3, -0.25) is 9.69 Å². The molecule has 2 aliphatic heterocycles. The number of likely N-dealkylation sites (tertiary alicyclic amines) is 1. The van der Waals surface area contributed by atoms with Crippen molar-refractivity contribution in [1.82, 2.24) is 9.80 Å². The average Bonchev–Trinajstić information content (AvgIpc) is 3.00. The monoisotopic (exact) mass is 290 g/mol. The van der Waals surface area contributed by atoms with Crippen molar-refractivity contribution in [2.75, 3.05) is 39.4 Å². The number of rotatable bonds is 2. The molecule has 1 unspecified atom stereocenters. The minimum absolute atomic E-state index is 0.0270. The van der Waals surface area contributed by atoms with Gasteiger partial charge in [0, 0.05) is 43.3 Å². The Hall–Kier alpha value is -1.59. The Morgan fingerprint density at radius 3 is 2.81 bits per heavy atom. The second-order valence-electron chi connectivity index (χ2n) is 5.79. The largest absolute Gasteiger partial charge is 0.508 e. The number of morpholine rings is 1. The molecule has 1 atom stereocenters. The molecular formula is C16H22N2O3. The highest BCUT2D eigenvalue weighted by Gasteiger charge is 2.32. The number of aromatic hydroxyl groups is 1. The number of carbonyl (C=O) groups is 1. The molecule has 1 aromatic rings. The summed E-state index contributed by atoms with van der Waals surface area (Å²) in [5.74, 6) is 0.212. The molecule has 5 nitrogen and oxygen atoms in total. The molecule has 1 N–H and O–H groups in total. The normalized spacial score (nSPS) is 23.5. The van der Waals surface area contributed by atoms with Crippen LogP contribution in [0.5, 0.6) is 5.75 Å². The maximum Gasteiger partial charge on any atom is 0.254 e. The lowest BCUT2D eigenvalue weighted by Crippen LogP contribution is -2.45. The topological polar surface area (TPSA) is 53.0 Å². The van der Waals surface area contributed by atoms with Crippen molar-refractivity contribution in [2.45, 2.75) is 19.4 Å². The van der Waals surface area contributed by atoms with Crippen LogP contribution in [-0.4, -0.2) is 66.2 Å². The third kappa shape index (κ3) is 2.89. The van der Waals surface area contributed by atoms with Crippen molar-refractivity contribution in [2.24, 2.45) is 0 Å². The predicted molar refractivity (Wildman–Crippen MR) is 79.5 cm³/mol. The fourth-order valence-electron chi connectivity index (χ4n) is 3.19. The van der Waals surface area contributed by atoms with Gasteiger partial charge in [-0.05, 0) is 25.5 Å². The van der Waals surface area contributed by atoms with E-state index < -0.39 is 0 Å². The molecule has 0 spiro atoms. The van der Waals surface area contributed by atoms with E-state index in [9.17, 15) is 9.90 Å². The minimum Gasteiger partial charge on any atom is -0.508 e. The van der Waals surface area contributed by atoms with Crippen LogP contribution in [-0.2, 0) is 4.74 Å². The van der Waals surface area contributed by atoms with Crippen LogP contribution in [0.3, 0.4) is 0 Å². The van der Waals surface area contributed by atoms with Gasteiger partial charge in [-0.25, -0.2) is 0 Å². The number of phenolic OH excluding ortho intramolecular Hbond substituents is 1. The van der Waals surface area contributed by atoms with Crippen LogP contribution in [0.25, 0.3) is 0 Å². The van der Waals surface area contributed by atoms with Crippen LogP contribution in [0.2, 0.25) is 0 Å². The number of benzene rings is 1. The summed E-state index contributed by atoms with van der Waals surface area (Å²) >= 11 is 0. The van der Waals surface area contributed by atoms with E-state index in [0.717, 1.165) is 45.8 Å². The molecule has 1 aromatic carbocycles. The molecule has 0 bridgehead atoms. The lowest BCUT2D eigenvalue weighted by Gasteiger charge is -2.32. The van der Waals surface area contributed by atoms with Gasteiger partial charge in [-0.15, -0.1) is 0 Å². The summed E-state index contributed by atoms with van der Waals surface area (Å²) in [5.41, 5.74) is 1.27. The highest BCUT2D eigenvalue weighted by atomic mass is 16.5. The molecule has 0 aliphatic carbocycles. The second-order valence-corrected chi connectivity index (χ2v) is 5.79. The second kappa shape index (κ2) is 6.03. The fourth-order valence-corrected chi connectivity index (χ4v) is 3.19. The lowest BCUT2D eigenvalue weighted by atomic mass is 10.1. The summed E-state index contributed by atoms with van der Waals surface area (Å²) in [6, 6.07) is 5.58. The van der Waals surface area contributed by atoms with Crippen molar-refractivity contribution in [1.29, 1.82) is 0 Å². The van der Waals surface area contributed by atoms with E-state index in [-0.39, 0.29) is 11.7 Å². The van der Waals surface area contributed by atoms with E-state index >= 15 is 0 Å². The third-order valence-electron chi connectivity index (χ3n) is 4.55. The van der Waals surface area contributed by atoms with Crippen LogP contribution in [0.15, 0.2) is 18.2 Å². The molecule has 21 heavy (non-hydrogen) atoms.